The number of amides is 6. The Morgan fingerprint density at radius 2 is 0.689 bits per heavy atom. The Bertz CT molecular complexity index is 2560. The van der Waals surface area contributed by atoms with Crippen LogP contribution in [0.15, 0.2) is 188 Å². The van der Waals surface area contributed by atoms with Gasteiger partial charge in [-0.3, -0.25) is 28.8 Å². The third-order valence-electron chi connectivity index (χ3n) is 8.82. The predicted molar refractivity (Wildman–Crippen MR) is 240 cm³/mol. The maximum absolute atomic E-state index is 13.8. The minimum absolute atomic E-state index is 0.0223. The molecule has 6 aromatic rings. The first kappa shape index (κ1) is 42.0. The Kier molecular flexibility index (Phi) is 13.9. The normalized spacial score (nSPS) is 10.7. The van der Waals surface area contributed by atoms with Crippen LogP contribution in [-0.2, 0) is 4.79 Å². The molecule has 0 atom stereocenters. The van der Waals surface area contributed by atoms with E-state index in [0.717, 1.165) is 0 Å². The van der Waals surface area contributed by atoms with Gasteiger partial charge >= 0.3 is 0 Å². The van der Waals surface area contributed by atoms with Crippen LogP contribution in [0, 0.1) is 0 Å². The molecule has 0 aliphatic carbocycles. The van der Waals surface area contributed by atoms with E-state index >= 15 is 0 Å². The summed E-state index contributed by atoms with van der Waals surface area (Å²) in [4.78, 5) is 79.7. The highest BCUT2D eigenvalue weighted by atomic mass is 16.2. The zero-order valence-corrected chi connectivity index (χ0v) is 32.9. The Balaban J connectivity index is 1.24. The van der Waals surface area contributed by atoms with Gasteiger partial charge in [0, 0.05) is 67.5 Å². The molecule has 6 rings (SSSR count). The molecule has 0 aliphatic rings. The van der Waals surface area contributed by atoms with Gasteiger partial charge in [0.2, 0.25) is 0 Å². The van der Waals surface area contributed by atoms with Crippen molar-refractivity contribution < 1.29 is 28.8 Å². The van der Waals surface area contributed by atoms with Gasteiger partial charge < -0.3 is 31.9 Å². The number of hydrogen-bond donors (Lipinski definition) is 6. The summed E-state index contributed by atoms with van der Waals surface area (Å²) in [6.45, 7) is 5.63. The van der Waals surface area contributed by atoms with Crippen LogP contribution in [0.1, 0.15) is 58.7 Å². The van der Waals surface area contributed by atoms with E-state index in [2.05, 4.69) is 38.5 Å². The maximum Gasteiger partial charge on any atom is 0.255 e. The van der Waals surface area contributed by atoms with Crippen molar-refractivity contribution in [1.29, 1.82) is 0 Å². The number of carbonyl (C=O) groups is 6. The van der Waals surface area contributed by atoms with E-state index in [9.17, 15) is 28.8 Å². The van der Waals surface area contributed by atoms with Gasteiger partial charge in [-0.25, -0.2) is 0 Å². The first-order valence-corrected chi connectivity index (χ1v) is 19.0. The molecule has 0 fully saturated rings. The Hall–Kier alpha value is -8.64. The molecule has 6 amide bonds. The highest BCUT2D eigenvalue weighted by molar-refractivity contribution is 6.14. The number of carbonyl (C=O) groups excluding carboxylic acids is 6. The van der Waals surface area contributed by atoms with Gasteiger partial charge in [0.05, 0.1) is 0 Å². The number of benzene rings is 6. The van der Waals surface area contributed by atoms with Crippen LogP contribution >= 0.6 is 0 Å². The number of anilines is 6. The molecule has 0 bridgehead atoms. The van der Waals surface area contributed by atoms with Crippen molar-refractivity contribution in [1.82, 2.24) is 0 Å². The lowest BCUT2D eigenvalue weighted by molar-refractivity contribution is -0.112. The van der Waals surface area contributed by atoms with E-state index < -0.39 is 23.6 Å². The number of rotatable bonds is 14. The molecule has 6 N–H and O–H groups in total. The van der Waals surface area contributed by atoms with Crippen LogP contribution in [0.2, 0.25) is 0 Å². The zero-order valence-electron chi connectivity index (χ0n) is 32.9. The lowest BCUT2D eigenvalue weighted by atomic mass is 10.0. The minimum atomic E-state index is -0.651. The van der Waals surface area contributed by atoms with Crippen LogP contribution in [0.5, 0.6) is 0 Å². The fourth-order valence-corrected chi connectivity index (χ4v) is 5.81. The lowest BCUT2D eigenvalue weighted by Gasteiger charge is -2.13. The molecule has 0 aliphatic heterocycles. The first-order chi connectivity index (χ1) is 29.5. The van der Waals surface area contributed by atoms with Gasteiger partial charge in [0.25, 0.3) is 35.4 Å². The van der Waals surface area contributed by atoms with Crippen molar-refractivity contribution >= 4 is 69.6 Å². The van der Waals surface area contributed by atoms with Gasteiger partial charge in [0.15, 0.2) is 0 Å². The molecule has 12 heteroatoms. The van der Waals surface area contributed by atoms with Gasteiger partial charge in [-0.05, 0) is 104 Å². The molecule has 61 heavy (non-hydrogen) atoms. The van der Waals surface area contributed by atoms with Crippen LogP contribution in [0.4, 0.5) is 34.1 Å². The summed E-state index contributed by atoms with van der Waals surface area (Å²) in [5, 5.41) is 16.7. The van der Waals surface area contributed by atoms with Crippen molar-refractivity contribution in [2.45, 2.75) is 6.92 Å². The molecule has 12 nitrogen and oxygen atoms in total. The second kappa shape index (κ2) is 20.2. The summed E-state index contributed by atoms with van der Waals surface area (Å²) in [6, 6.07) is 40.9. The molecule has 0 saturated heterocycles. The standard InChI is InChI=1S/C49H40N6O6/c1-3-4-7-15-32(2)44(56)50-38-20-12-23-41(29-38)53-47(59)35-26-36(48(60)54-42-24-13-21-39(30-42)51-45(57)33-16-8-5-9-17-33)28-37(27-35)49(61)55-43-25-14-22-40(31-43)52-46(58)34-18-10-6-11-19-34/h3-31H,2H2,1H3,(H,50,56)(H,51,57)(H,52,58)(H,53,59)(H,54,60)(H,55,61). The summed E-state index contributed by atoms with van der Waals surface area (Å²) in [5.74, 6) is -3.05. The molecule has 0 unspecified atom stereocenters. The van der Waals surface area contributed by atoms with E-state index in [-0.39, 0.29) is 34.1 Å². The fraction of sp³-hybridized carbons (Fsp3) is 0.0204. The minimum Gasteiger partial charge on any atom is -0.322 e. The average molecular weight is 809 g/mol. The van der Waals surface area contributed by atoms with Crippen LogP contribution in [0.3, 0.4) is 0 Å². The van der Waals surface area contributed by atoms with E-state index in [1.165, 1.54) is 18.2 Å². The Labute approximate surface area is 352 Å². The van der Waals surface area contributed by atoms with Gasteiger partial charge in [-0.15, -0.1) is 0 Å². The Morgan fingerprint density at radius 3 is 1.02 bits per heavy atom. The van der Waals surface area contributed by atoms with Gasteiger partial charge in [0.1, 0.15) is 0 Å². The summed E-state index contributed by atoms with van der Waals surface area (Å²) in [7, 11) is 0. The lowest BCUT2D eigenvalue weighted by Crippen LogP contribution is -2.20. The SMILES string of the molecule is C=C(C=CC=CC)C(=O)Nc1cccc(NC(=O)c2cc(C(=O)Nc3cccc(NC(=O)c4ccccc4)c3)cc(C(=O)Nc3cccc(NC(=O)c4ccccc4)c3)c2)c1. The van der Waals surface area contributed by atoms with Crippen molar-refractivity contribution in [2.24, 2.45) is 0 Å². The number of allylic oxidation sites excluding steroid dienone is 3. The molecule has 0 radical (unpaired) electrons. The Morgan fingerprint density at radius 1 is 0.377 bits per heavy atom. The smallest absolute Gasteiger partial charge is 0.255 e. The van der Waals surface area contributed by atoms with Gasteiger partial charge in [-0.2, -0.15) is 0 Å². The second-order valence-corrected chi connectivity index (χ2v) is 13.4. The monoisotopic (exact) mass is 808 g/mol. The molecular weight excluding hydrogens is 769 g/mol. The summed E-state index contributed by atoms with van der Waals surface area (Å²) >= 11 is 0. The molecule has 0 spiro atoms. The van der Waals surface area contributed by atoms with Crippen molar-refractivity contribution in [3.05, 3.63) is 216 Å². The van der Waals surface area contributed by atoms with E-state index in [1.54, 1.807) is 152 Å². The summed E-state index contributed by atoms with van der Waals surface area (Å²) < 4.78 is 0. The van der Waals surface area contributed by atoms with Crippen molar-refractivity contribution in [3.8, 4) is 0 Å². The molecule has 0 saturated carbocycles. The highest BCUT2D eigenvalue weighted by Crippen LogP contribution is 2.23. The van der Waals surface area contributed by atoms with Gasteiger partial charge in [-0.1, -0.05) is 85.5 Å². The van der Waals surface area contributed by atoms with Crippen LogP contribution in [-0.4, -0.2) is 35.4 Å². The average Bonchev–Trinajstić information content (AvgIpc) is 3.27. The third-order valence-corrected chi connectivity index (χ3v) is 8.82. The molecule has 302 valence electrons. The van der Waals surface area contributed by atoms with Crippen molar-refractivity contribution in [2.75, 3.05) is 31.9 Å². The van der Waals surface area contributed by atoms with E-state index in [4.69, 9.17) is 0 Å². The maximum atomic E-state index is 13.8. The summed E-state index contributed by atoms with van der Waals surface area (Å²) in [6.07, 6.45) is 6.84. The number of nitrogens with one attached hydrogen (secondary N) is 6. The molecule has 0 aromatic heterocycles. The predicted octanol–water partition coefficient (Wildman–Crippen LogP) is 9.58. The second-order valence-electron chi connectivity index (χ2n) is 13.4. The van der Waals surface area contributed by atoms with Crippen LogP contribution in [0.25, 0.3) is 0 Å². The summed E-state index contributed by atoms with van der Waals surface area (Å²) in [5.41, 5.74) is 3.30. The number of hydrogen-bond acceptors (Lipinski definition) is 6. The highest BCUT2D eigenvalue weighted by Gasteiger charge is 2.19. The van der Waals surface area contributed by atoms with Crippen LogP contribution < -0.4 is 31.9 Å². The molecule has 6 aromatic carbocycles. The largest absolute Gasteiger partial charge is 0.322 e. The zero-order chi connectivity index (χ0) is 43.1. The fourth-order valence-electron chi connectivity index (χ4n) is 5.81. The first-order valence-electron chi connectivity index (χ1n) is 19.0. The third kappa shape index (κ3) is 11.9. The van der Waals surface area contributed by atoms with Crippen molar-refractivity contribution in [3.63, 3.8) is 0 Å². The topological polar surface area (TPSA) is 175 Å². The molecule has 0 heterocycles. The quantitative estimate of drug-likeness (QED) is 0.0472. The van der Waals surface area contributed by atoms with E-state index in [1.807, 2.05) is 13.0 Å². The van der Waals surface area contributed by atoms with E-state index in [0.29, 0.717) is 45.3 Å². The molecular formula is C49H40N6O6.